The Morgan fingerprint density at radius 2 is 2.09 bits per heavy atom. The molecule has 112 valence electrons. The van der Waals surface area contributed by atoms with Gasteiger partial charge in [0.25, 0.3) is 0 Å². The quantitative estimate of drug-likeness (QED) is 0.881. The fourth-order valence-corrected chi connectivity index (χ4v) is 3.30. The van der Waals surface area contributed by atoms with E-state index in [2.05, 4.69) is 15.6 Å². The first-order valence-corrected chi connectivity index (χ1v) is 7.55. The van der Waals surface area contributed by atoms with Gasteiger partial charge in [0.15, 0.2) is 0 Å². The second-order valence-corrected chi connectivity index (χ2v) is 5.73. The number of aliphatic imine (C=N–C) groups is 1. The zero-order valence-corrected chi connectivity index (χ0v) is 12.1. The third-order valence-electron chi connectivity index (χ3n) is 4.34. The van der Waals surface area contributed by atoms with Crippen molar-refractivity contribution in [1.82, 2.24) is 5.32 Å². The summed E-state index contributed by atoms with van der Waals surface area (Å²) in [7, 11) is 0. The molecular weight excluding hydrogens is 278 g/mol. The van der Waals surface area contributed by atoms with E-state index in [4.69, 9.17) is 4.74 Å². The van der Waals surface area contributed by atoms with Gasteiger partial charge in [-0.1, -0.05) is 18.2 Å². The SMILES string of the molecule is O=C(Nc1ccccc1)OC1=CC=C2NC3=NCCC3C2C1. The van der Waals surface area contributed by atoms with Crippen LogP contribution in [-0.4, -0.2) is 18.5 Å². The van der Waals surface area contributed by atoms with E-state index in [1.165, 1.54) is 5.70 Å². The largest absolute Gasteiger partial charge is 0.416 e. The number of benzene rings is 1. The number of amides is 1. The molecule has 2 N–H and O–H groups in total. The van der Waals surface area contributed by atoms with Gasteiger partial charge in [-0.25, -0.2) is 4.79 Å². The van der Waals surface area contributed by atoms with Crippen molar-refractivity contribution in [3.63, 3.8) is 0 Å². The number of nitrogens with one attached hydrogen (secondary N) is 2. The summed E-state index contributed by atoms with van der Waals surface area (Å²) >= 11 is 0. The second-order valence-electron chi connectivity index (χ2n) is 5.73. The molecule has 5 heteroatoms. The summed E-state index contributed by atoms with van der Waals surface area (Å²) in [6.45, 7) is 0.894. The van der Waals surface area contributed by atoms with E-state index in [-0.39, 0.29) is 0 Å². The van der Waals surface area contributed by atoms with Crippen molar-refractivity contribution in [2.45, 2.75) is 12.8 Å². The van der Waals surface area contributed by atoms with Gasteiger partial charge in [-0.3, -0.25) is 10.3 Å². The van der Waals surface area contributed by atoms with Crippen molar-refractivity contribution >= 4 is 17.6 Å². The van der Waals surface area contributed by atoms with Gasteiger partial charge in [-0.15, -0.1) is 0 Å². The van der Waals surface area contributed by atoms with Gasteiger partial charge in [0.1, 0.15) is 11.6 Å². The molecule has 0 spiro atoms. The van der Waals surface area contributed by atoms with Crippen LogP contribution >= 0.6 is 0 Å². The average Bonchev–Trinajstić information content (AvgIpc) is 3.09. The average molecular weight is 295 g/mol. The molecule has 1 amide bonds. The molecule has 2 unspecified atom stereocenters. The third-order valence-corrected chi connectivity index (χ3v) is 4.34. The standard InChI is InChI=1S/C17H17N3O2/c21-17(19-11-4-2-1-3-5-11)22-12-6-7-15-14(10-12)13-8-9-18-16(13)20-15/h1-7,13-14H,8-10H2,(H,18,20)(H,19,21). The number of carbonyl (C=O) groups is 1. The summed E-state index contributed by atoms with van der Waals surface area (Å²) in [5.74, 6) is 2.62. The van der Waals surface area contributed by atoms with Gasteiger partial charge < -0.3 is 10.1 Å². The minimum Gasteiger partial charge on any atom is -0.415 e. The lowest BCUT2D eigenvalue weighted by Crippen LogP contribution is -2.19. The summed E-state index contributed by atoms with van der Waals surface area (Å²) in [5.41, 5.74) is 1.92. The molecule has 1 aromatic carbocycles. The Hall–Kier alpha value is -2.56. The maximum atomic E-state index is 12.0. The Balaban J connectivity index is 1.41. The number of hydrogen-bond acceptors (Lipinski definition) is 4. The summed E-state index contributed by atoms with van der Waals surface area (Å²) in [6, 6.07) is 9.30. The molecule has 0 aromatic heterocycles. The van der Waals surface area contributed by atoms with E-state index in [0.29, 0.717) is 17.6 Å². The smallest absolute Gasteiger partial charge is 0.415 e. The summed E-state index contributed by atoms with van der Waals surface area (Å²) in [4.78, 5) is 16.5. The van der Waals surface area contributed by atoms with Gasteiger partial charge in [-0.05, 0) is 30.7 Å². The Kier molecular flexibility index (Phi) is 3.18. The van der Waals surface area contributed by atoms with Crippen LogP contribution in [0.2, 0.25) is 0 Å². The number of carbonyl (C=O) groups excluding carboxylic acids is 1. The first kappa shape index (κ1) is 13.1. The number of allylic oxidation sites excluding steroid dienone is 4. The molecule has 22 heavy (non-hydrogen) atoms. The fourth-order valence-electron chi connectivity index (χ4n) is 3.30. The summed E-state index contributed by atoms with van der Waals surface area (Å²) < 4.78 is 5.45. The van der Waals surface area contributed by atoms with Crippen molar-refractivity contribution in [2.75, 3.05) is 11.9 Å². The Morgan fingerprint density at radius 3 is 2.95 bits per heavy atom. The molecule has 0 radical (unpaired) electrons. The molecule has 2 aliphatic heterocycles. The van der Waals surface area contributed by atoms with Crippen molar-refractivity contribution in [2.24, 2.45) is 16.8 Å². The fraction of sp³-hybridized carbons (Fsp3) is 0.294. The highest BCUT2D eigenvalue weighted by molar-refractivity contribution is 5.91. The summed E-state index contributed by atoms with van der Waals surface area (Å²) in [5, 5.41) is 6.11. The number of para-hydroxylation sites is 1. The molecule has 2 atom stereocenters. The van der Waals surface area contributed by atoms with Crippen molar-refractivity contribution in [3.8, 4) is 0 Å². The minimum absolute atomic E-state index is 0.366. The highest BCUT2D eigenvalue weighted by atomic mass is 16.6. The highest BCUT2D eigenvalue weighted by Gasteiger charge is 2.40. The number of nitrogens with zero attached hydrogens (tertiary/aromatic N) is 1. The van der Waals surface area contributed by atoms with Crippen LogP contribution in [0.5, 0.6) is 0 Å². The van der Waals surface area contributed by atoms with Crippen LogP contribution in [0.25, 0.3) is 0 Å². The Bertz CT molecular complexity index is 691. The minimum atomic E-state index is -0.444. The first-order valence-electron chi connectivity index (χ1n) is 7.55. The van der Waals surface area contributed by atoms with Crippen molar-refractivity contribution < 1.29 is 9.53 Å². The van der Waals surface area contributed by atoms with Crippen LogP contribution in [0.15, 0.2) is 58.9 Å². The lowest BCUT2D eigenvalue weighted by molar-refractivity contribution is 0.184. The van der Waals surface area contributed by atoms with Gasteiger partial charge in [0, 0.05) is 36.2 Å². The van der Waals surface area contributed by atoms with E-state index in [9.17, 15) is 4.79 Å². The molecule has 3 aliphatic rings. The number of anilines is 1. The zero-order valence-electron chi connectivity index (χ0n) is 12.1. The molecule has 1 fully saturated rings. The molecule has 1 aliphatic carbocycles. The topological polar surface area (TPSA) is 62.7 Å². The number of fused-ring (bicyclic) bond motifs is 3. The lowest BCUT2D eigenvalue weighted by Gasteiger charge is -2.21. The van der Waals surface area contributed by atoms with Crippen molar-refractivity contribution in [1.29, 1.82) is 0 Å². The maximum absolute atomic E-state index is 12.0. The van der Waals surface area contributed by atoms with Gasteiger partial charge in [0.2, 0.25) is 0 Å². The van der Waals surface area contributed by atoms with Crippen LogP contribution < -0.4 is 10.6 Å². The normalized spacial score (nSPS) is 25.2. The second kappa shape index (κ2) is 5.33. The molecular formula is C17H17N3O2. The van der Waals surface area contributed by atoms with E-state index in [1.54, 1.807) is 0 Å². The van der Waals surface area contributed by atoms with E-state index >= 15 is 0 Å². The lowest BCUT2D eigenvalue weighted by atomic mass is 9.86. The van der Waals surface area contributed by atoms with Crippen molar-refractivity contribution in [3.05, 3.63) is 53.9 Å². The van der Waals surface area contributed by atoms with Gasteiger partial charge in [-0.2, -0.15) is 0 Å². The van der Waals surface area contributed by atoms with Gasteiger partial charge >= 0.3 is 6.09 Å². The zero-order chi connectivity index (χ0) is 14.9. The third kappa shape index (κ3) is 2.39. The van der Waals surface area contributed by atoms with Gasteiger partial charge in [0.05, 0.1) is 0 Å². The number of ether oxygens (including phenoxy) is 1. The van der Waals surface area contributed by atoms with Crippen LogP contribution in [0, 0.1) is 11.8 Å². The summed E-state index contributed by atoms with van der Waals surface area (Å²) in [6.07, 6.45) is 5.24. The van der Waals surface area contributed by atoms with E-state index in [1.807, 2.05) is 42.5 Å². The first-order chi connectivity index (χ1) is 10.8. The van der Waals surface area contributed by atoms with E-state index < -0.39 is 6.09 Å². The molecule has 5 nitrogen and oxygen atoms in total. The van der Waals surface area contributed by atoms with Crippen LogP contribution in [0.4, 0.5) is 10.5 Å². The molecule has 0 saturated carbocycles. The molecule has 0 bridgehead atoms. The number of amidine groups is 1. The molecule has 1 saturated heterocycles. The number of hydrogen-bond donors (Lipinski definition) is 2. The Morgan fingerprint density at radius 1 is 1.23 bits per heavy atom. The van der Waals surface area contributed by atoms with Crippen LogP contribution in [0.3, 0.4) is 0 Å². The van der Waals surface area contributed by atoms with Crippen LogP contribution in [-0.2, 0) is 4.74 Å². The highest BCUT2D eigenvalue weighted by Crippen LogP contribution is 2.39. The maximum Gasteiger partial charge on any atom is 0.416 e. The predicted molar refractivity (Wildman–Crippen MR) is 84.4 cm³/mol. The predicted octanol–water partition coefficient (Wildman–Crippen LogP) is 3.04. The monoisotopic (exact) mass is 295 g/mol. The molecule has 1 aromatic rings. The van der Waals surface area contributed by atoms with Crippen LogP contribution in [0.1, 0.15) is 12.8 Å². The Labute approximate surface area is 128 Å². The number of rotatable bonds is 2. The molecule has 2 heterocycles. The van der Waals surface area contributed by atoms with E-state index in [0.717, 1.165) is 30.9 Å². The molecule has 4 rings (SSSR count).